The molecule has 0 fully saturated rings. The first-order chi connectivity index (χ1) is 10.1. The molecule has 106 valence electrons. The molecule has 0 aromatic heterocycles. The van der Waals surface area contributed by atoms with Crippen molar-refractivity contribution in [1.82, 2.24) is 0 Å². The summed E-state index contributed by atoms with van der Waals surface area (Å²) < 4.78 is 24.0. The Morgan fingerprint density at radius 3 is 2.62 bits per heavy atom. The average Bonchev–Trinajstić information content (AvgIpc) is 2.47. The van der Waals surface area contributed by atoms with Crippen molar-refractivity contribution in [2.45, 2.75) is 0 Å². The molecule has 0 amide bonds. The zero-order chi connectivity index (χ0) is 15.4. The third-order valence-electron chi connectivity index (χ3n) is 2.72. The second kappa shape index (κ2) is 5.92. The lowest BCUT2D eigenvalue weighted by Crippen LogP contribution is -1.99. The number of ether oxygens (including phenoxy) is 2. The number of carboxylic acid groups (broad SMARTS) is 1. The van der Waals surface area contributed by atoms with E-state index < -0.39 is 11.8 Å². The number of aromatic carboxylic acids is 1. The van der Waals surface area contributed by atoms with E-state index in [9.17, 15) is 9.18 Å². The van der Waals surface area contributed by atoms with Gasteiger partial charge in [-0.15, -0.1) is 0 Å². The summed E-state index contributed by atoms with van der Waals surface area (Å²) in [4.78, 5) is 11.0. The van der Waals surface area contributed by atoms with E-state index in [1.54, 1.807) is 6.07 Å². The topological polar surface area (TPSA) is 79.6 Å². The highest BCUT2D eigenvalue weighted by atomic mass is 19.1. The van der Waals surface area contributed by atoms with Crippen molar-refractivity contribution in [1.29, 1.82) is 5.26 Å². The number of carboxylic acids is 1. The van der Waals surface area contributed by atoms with E-state index in [0.29, 0.717) is 0 Å². The van der Waals surface area contributed by atoms with Crippen LogP contribution >= 0.6 is 0 Å². The summed E-state index contributed by atoms with van der Waals surface area (Å²) in [5.41, 5.74) is -0.277. The molecule has 0 saturated carbocycles. The van der Waals surface area contributed by atoms with Crippen molar-refractivity contribution < 1.29 is 23.8 Å². The van der Waals surface area contributed by atoms with E-state index in [0.717, 1.165) is 6.07 Å². The van der Waals surface area contributed by atoms with Gasteiger partial charge in [0.2, 0.25) is 0 Å². The zero-order valence-electron chi connectivity index (χ0n) is 11.0. The number of carbonyl (C=O) groups is 1. The van der Waals surface area contributed by atoms with Gasteiger partial charge in [0, 0.05) is 0 Å². The van der Waals surface area contributed by atoms with Gasteiger partial charge >= 0.3 is 5.97 Å². The zero-order valence-corrected chi connectivity index (χ0v) is 11.0. The van der Waals surface area contributed by atoms with Crippen LogP contribution in [-0.4, -0.2) is 18.2 Å². The van der Waals surface area contributed by atoms with Crippen LogP contribution in [-0.2, 0) is 0 Å². The first-order valence-corrected chi connectivity index (χ1v) is 5.84. The first-order valence-electron chi connectivity index (χ1n) is 5.84. The minimum atomic E-state index is -1.14. The highest BCUT2D eigenvalue weighted by Crippen LogP contribution is 2.34. The smallest absolute Gasteiger partial charge is 0.335 e. The molecule has 0 heterocycles. The molecule has 6 heteroatoms. The summed E-state index contributed by atoms with van der Waals surface area (Å²) in [6, 6.07) is 9.65. The van der Waals surface area contributed by atoms with Gasteiger partial charge in [-0.1, -0.05) is 6.07 Å². The molecule has 2 rings (SSSR count). The SMILES string of the molecule is COc1ccc(C(=O)O)cc1Oc1cccc(F)c1C#N. The lowest BCUT2D eigenvalue weighted by atomic mass is 10.2. The van der Waals surface area contributed by atoms with E-state index in [1.165, 1.54) is 37.4 Å². The van der Waals surface area contributed by atoms with Crippen molar-refractivity contribution in [3.63, 3.8) is 0 Å². The molecule has 0 aliphatic heterocycles. The first kappa shape index (κ1) is 14.3. The van der Waals surface area contributed by atoms with Crippen LogP contribution in [0.2, 0.25) is 0 Å². The molecule has 0 bridgehead atoms. The van der Waals surface area contributed by atoms with E-state index in [2.05, 4.69) is 0 Å². The molecular formula is C15H10FNO4. The van der Waals surface area contributed by atoms with Gasteiger partial charge in [-0.2, -0.15) is 5.26 Å². The Kier molecular flexibility index (Phi) is 4.05. The van der Waals surface area contributed by atoms with E-state index in [-0.39, 0.29) is 28.4 Å². The van der Waals surface area contributed by atoms with Crippen LogP contribution in [0.4, 0.5) is 4.39 Å². The fourth-order valence-corrected chi connectivity index (χ4v) is 1.71. The van der Waals surface area contributed by atoms with E-state index in [1.807, 2.05) is 0 Å². The summed E-state index contributed by atoms with van der Waals surface area (Å²) in [5.74, 6) is -1.52. The van der Waals surface area contributed by atoms with Crippen molar-refractivity contribution in [3.05, 3.63) is 53.3 Å². The molecule has 1 N–H and O–H groups in total. The molecular weight excluding hydrogens is 277 g/mol. The Labute approximate surface area is 119 Å². The highest BCUT2D eigenvalue weighted by molar-refractivity contribution is 5.88. The van der Waals surface area contributed by atoms with Crippen molar-refractivity contribution in [2.75, 3.05) is 7.11 Å². The molecule has 2 aromatic carbocycles. The number of hydrogen-bond acceptors (Lipinski definition) is 4. The predicted molar refractivity (Wildman–Crippen MR) is 71.1 cm³/mol. The van der Waals surface area contributed by atoms with Gasteiger partial charge in [0.1, 0.15) is 23.2 Å². The van der Waals surface area contributed by atoms with Crippen LogP contribution < -0.4 is 9.47 Å². The maximum absolute atomic E-state index is 13.5. The summed E-state index contributed by atoms with van der Waals surface area (Å²) in [6.45, 7) is 0. The molecule has 0 atom stereocenters. The lowest BCUT2D eigenvalue weighted by Gasteiger charge is -2.12. The maximum atomic E-state index is 13.5. The maximum Gasteiger partial charge on any atom is 0.335 e. The van der Waals surface area contributed by atoms with Crippen LogP contribution in [0.25, 0.3) is 0 Å². The van der Waals surface area contributed by atoms with Gasteiger partial charge in [-0.05, 0) is 30.3 Å². The monoisotopic (exact) mass is 287 g/mol. The third kappa shape index (κ3) is 2.92. The second-order valence-corrected chi connectivity index (χ2v) is 4.00. The van der Waals surface area contributed by atoms with E-state index in [4.69, 9.17) is 19.8 Å². The molecule has 21 heavy (non-hydrogen) atoms. The van der Waals surface area contributed by atoms with Gasteiger partial charge in [0.05, 0.1) is 12.7 Å². The summed E-state index contributed by atoms with van der Waals surface area (Å²) in [5, 5.41) is 17.9. The van der Waals surface area contributed by atoms with Crippen LogP contribution in [0.15, 0.2) is 36.4 Å². The molecule has 5 nitrogen and oxygen atoms in total. The summed E-state index contributed by atoms with van der Waals surface area (Å²) in [7, 11) is 1.39. The summed E-state index contributed by atoms with van der Waals surface area (Å²) in [6.07, 6.45) is 0. The molecule has 0 aliphatic rings. The second-order valence-electron chi connectivity index (χ2n) is 4.00. The molecule has 2 aromatic rings. The number of nitrogens with zero attached hydrogens (tertiary/aromatic N) is 1. The third-order valence-corrected chi connectivity index (χ3v) is 2.72. The average molecular weight is 287 g/mol. The number of benzene rings is 2. The minimum absolute atomic E-state index is 0.0132. The quantitative estimate of drug-likeness (QED) is 0.934. The molecule has 0 unspecified atom stereocenters. The van der Waals surface area contributed by atoms with Gasteiger partial charge in [-0.25, -0.2) is 9.18 Å². The number of methoxy groups -OCH3 is 1. The number of halogens is 1. The van der Waals surface area contributed by atoms with Gasteiger partial charge in [0.15, 0.2) is 11.5 Å². The van der Waals surface area contributed by atoms with Gasteiger partial charge in [-0.3, -0.25) is 0 Å². The minimum Gasteiger partial charge on any atom is -0.493 e. The Hall–Kier alpha value is -3.07. The Balaban J connectivity index is 2.48. The largest absolute Gasteiger partial charge is 0.493 e. The normalized spacial score (nSPS) is 9.76. The van der Waals surface area contributed by atoms with Crippen LogP contribution in [0.1, 0.15) is 15.9 Å². The van der Waals surface area contributed by atoms with Crippen molar-refractivity contribution in [3.8, 4) is 23.3 Å². The predicted octanol–water partition coefficient (Wildman–Crippen LogP) is 3.20. The van der Waals surface area contributed by atoms with Crippen molar-refractivity contribution >= 4 is 5.97 Å². The molecule has 0 spiro atoms. The molecule has 0 aliphatic carbocycles. The fourth-order valence-electron chi connectivity index (χ4n) is 1.71. The highest BCUT2D eigenvalue weighted by Gasteiger charge is 2.14. The lowest BCUT2D eigenvalue weighted by molar-refractivity contribution is 0.0696. The summed E-state index contributed by atoms with van der Waals surface area (Å²) >= 11 is 0. The molecule has 0 saturated heterocycles. The number of rotatable bonds is 4. The number of hydrogen-bond donors (Lipinski definition) is 1. The standard InChI is InChI=1S/C15H10FNO4/c1-20-13-6-5-9(15(18)19)7-14(13)21-12-4-2-3-11(16)10(12)8-17/h2-7H,1H3,(H,18,19). The van der Waals surface area contributed by atoms with E-state index >= 15 is 0 Å². The van der Waals surface area contributed by atoms with Crippen LogP contribution in [0.3, 0.4) is 0 Å². The van der Waals surface area contributed by atoms with Crippen molar-refractivity contribution in [2.24, 2.45) is 0 Å². The Morgan fingerprint density at radius 1 is 1.24 bits per heavy atom. The van der Waals surface area contributed by atoms with Crippen LogP contribution in [0.5, 0.6) is 17.2 Å². The Bertz CT molecular complexity index is 737. The molecule has 0 radical (unpaired) electrons. The number of nitriles is 1. The van der Waals surface area contributed by atoms with Gasteiger partial charge in [0.25, 0.3) is 0 Å². The Morgan fingerprint density at radius 2 is 2.00 bits per heavy atom. The fraction of sp³-hybridized carbons (Fsp3) is 0.0667. The van der Waals surface area contributed by atoms with Gasteiger partial charge < -0.3 is 14.6 Å². The van der Waals surface area contributed by atoms with Crippen LogP contribution in [0, 0.1) is 17.1 Å².